The fraction of sp³-hybridized carbons (Fsp3) is 1.00. The second-order valence-corrected chi connectivity index (χ2v) is 4.44. The van der Waals surface area contributed by atoms with E-state index in [1.54, 1.807) is 0 Å². The molecule has 0 radical (unpaired) electrons. The summed E-state index contributed by atoms with van der Waals surface area (Å²) in [7, 11) is 0. The summed E-state index contributed by atoms with van der Waals surface area (Å²) in [6, 6.07) is 0. The van der Waals surface area contributed by atoms with Crippen molar-refractivity contribution in [3.8, 4) is 0 Å². The van der Waals surface area contributed by atoms with E-state index in [4.69, 9.17) is 15.3 Å². The summed E-state index contributed by atoms with van der Waals surface area (Å²) in [5, 5.41) is 65.2. The Kier molecular flexibility index (Phi) is 8.62. The molecule has 6 atom stereocenters. The van der Waals surface area contributed by atoms with Gasteiger partial charge in [-0.1, -0.05) is 13.3 Å². The molecule has 0 bridgehead atoms. The Morgan fingerprint density at radius 1 is 0.722 bits per heavy atom. The lowest BCUT2D eigenvalue weighted by Gasteiger charge is -2.31. The van der Waals surface area contributed by atoms with Gasteiger partial charge < -0.3 is 35.7 Å². The van der Waals surface area contributed by atoms with Gasteiger partial charge >= 0.3 is 0 Å². The molecule has 0 amide bonds. The fourth-order valence-electron chi connectivity index (χ4n) is 1.76. The van der Waals surface area contributed by atoms with E-state index in [0.29, 0.717) is 12.8 Å². The molecule has 0 aliphatic carbocycles. The number of hydrogen-bond acceptors (Lipinski definition) is 7. The summed E-state index contributed by atoms with van der Waals surface area (Å²) in [4.78, 5) is 0. The van der Waals surface area contributed by atoms with Gasteiger partial charge in [0, 0.05) is 12.5 Å². The lowest BCUT2D eigenvalue weighted by Crippen LogP contribution is -2.52. The molecule has 7 nitrogen and oxygen atoms in total. The van der Waals surface area contributed by atoms with Crippen molar-refractivity contribution in [1.29, 1.82) is 0 Å². The molecule has 7 N–H and O–H groups in total. The van der Waals surface area contributed by atoms with Gasteiger partial charge in [0.1, 0.15) is 24.4 Å². The van der Waals surface area contributed by atoms with Gasteiger partial charge in [-0.15, -0.1) is 0 Å². The zero-order valence-electron chi connectivity index (χ0n) is 10.4. The maximum atomic E-state index is 9.76. The molecule has 0 aliphatic rings. The minimum Gasteiger partial charge on any atom is -0.396 e. The Balaban J connectivity index is 4.55. The van der Waals surface area contributed by atoms with Gasteiger partial charge in [-0.25, -0.2) is 0 Å². The second kappa shape index (κ2) is 8.76. The predicted molar refractivity (Wildman–Crippen MR) is 62.6 cm³/mol. The highest BCUT2D eigenvalue weighted by Gasteiger charge is 2.36. The van der Waals surface area contributed by atoms with E-state index in [1.807, 2.05) is 6.92 Å². The molecule has 0 aromatic rings. The maximum absolute atomic E-state index is 9.76. The number of aliphatic hydroxyl groups excluding tert-OH is 7. The van der Waals surface area contributed by atoms with Crippen molar-refractivity contribution < 1.29 is 35.7 Å². The van der Waals surface area contributed by atoms with Crippen LogP contribution in [0, 0.1) is 5.92 Å². The van der Waals surface area contributed by atoms with Crippen LogP contribution in [0.4, 0.5) is 0 Å². The molecule has 0 rings (SSSR count). The van der Waals surface area contributed by atoms with Gasteiger partial charge in [0.25, 0.3) is 0 Å². The van der Waals surface area contributed by atoms with Gasteiger partial charge in [0.15, 0.2) is 0 Å². The zero-order valence-corrected chi connectivity index (χ0v) is 10.4. The molecule has 0 aromatic heterocycles. The molecule has 0 saturated carbocycles. The summed E-state index contributed by atoms with van der Waals surface area (Å²) in [6.45, 7) is 0.694. The summed E-state index contributed by atoms with van der Waals surface area (Å²) in [5.41, 5.74) is 0. The van der Waals surface area contributed by atoms with E-state index in [1.165, 1.54) is 0 Å². The molecule has 2 unspecified atom stereocenters. The van der Waals surface area contributed by atoms with Crippen LogP contribution in [0.5, 0.6) is 0 Å². The predicted octanol–water partition coefficient (Wildman–Crippen LogP) is -2.81. The summed E-state index contributed by atoms with van der Waals surface area (Å²) in [6.07, 6.45) is -7.22. The average Bonchev–Trinajstić information content (AvgIpc) is 2.40. The van der Waals surface area contributed by atoms with Crippen molar-refractivity contribution in [3.05, 3.63) is 0 Å². The number of rotatable bonds is 9. The Morgan fingerprint density at radius 2 is 1.22 bits per heavy atom. The number of hydrogen-bond donors (Lipinski definition) is 7. The Bertz CT molecular complexity index is 206. The largest absolute Gasteiger partial charge is 0.396 e. The SMILES string of the molecule is CCCC(CO)C(O)[C@H](O)[C@@H](O)[C@H](O)[C@H](O)CO. The molecule has 18 heavy (non-hydrogen) atoms. The summed E-state index contributed by atoms with van der Waals surface area (Å²) < 4.78 is 0. The third kappa shape index (κ3) is 4.77. The lowest BCUT2D eigenvalue weighted by molar-refractivity contribution is -0.151. The van der Waals surface area contributed by atoms with Crippen molar-refractivity contribution in [1.82, 2.24) is 0 Å². The van der Waals surface area contributed by atoms with Crippen LogP contribution in [-0.2, 0) is 0 Å². The van der Waals surface area contributed by atoms with E-state index < -0.39 is 43.0 Å². The fourth-order valence-corrected chi connectivity index (χ4v) is 1.76. The zero-order chi connectivity index (χ0) is 14.3. The minimum atomic E-state index is -1.81. The maximum Gasteiger partial charge on any atom is 0.111 e. The van der Waals surface area contributed by atoms with E-state index >= 15 is 0 Å². The molecule has 0 fully saturated rings. The third-order valence-electron chi connectivity index (χ3n) is 3.01. The van der Waals surface area contributed by atoms with Crippen LogP contribution in [0.3, 0.4) is 0 Å². The van der Waals surface area contributed by atoms with Crippen molar-refractivity contribution in [2.75, 3.05) is 13.2 Å². The van der Waals surface area contributed by atoms with Crippen LogP contribution >= 0.6 is 0 Å². The topological polar surface area (TPSA) is 142 Å². The van der Waals surface area contributed by atoms with Crippen LogP contribution < -0.4 is 0 Å². The molecule has 110 valence electrons. The first kappa shape index (κ1) is 17.7. The minimum absolute atomic E-state index is 0.364. The molecule has 0 heterocycles. The molecule has 0 spiro atoms. The highest BCUT2D eigenvalue weighted by atomic mass is 16.4. The molecule has 0 saturated heterocycles. The van der Waals surface area contributed by atoms with Crippen molar-refractivity contribution in [2.45, 2.75) is 50.3 Å². The van der Waals surface area contributed by atoms with Crippen LogP contribution in [0.15, 0.2) is 0 Å². The molecule has 0 aliphatic heterocycles. The molecule has 0 aromatic carbocycles. The smallest absolute Gasteiger partial charge is 0.111 e. The first-order valence-electron chi connectivity index (χ1n) is 6.02. The molecule has 7 heteroatoms. The Hall–Kier alpha value is -0.280. The average molecular weight is 268 g/mol. The van der Waals surface area contributed by atoms with E-state index in [2.05, 4.69) is 0 Å². The first-order valence-corrected chi connectivity index (χ1v) is 6.02. The summed E-state index contributed by atoms with van der Waals surface area (Å²) in [5.74, 6) is -0.627. The third-order valence-corrected chi connectivity index (χ3v) is 3.01. The van der Waals surface area contributed by atoms with Crippen LogP contribution in [0.1, 0.15) is 19.8 Å². The second-order valence-electron chi connectivity index (χ2n) is 4.44. The normalized spacial score (nSPS) is 22.0. The number of aliphatic hydroxyl groups is 7. The van der Waals surface area contributed by atoms with Gasteiger partial charge in [0.2, 0.25) is 0 Å². The van der Waals surface area contributed by atoms with Crippen LogP contribution in [0.25, 0.3) is 0 Å². The Labute approximate surface area is 106 Å². The highest BCUT2D eigenvalue weighted by Crippen LogP contribution is 2.18. The van der Waals surface area contributed by atoms with E-state index in [0.717, 1.165) is 0 Å². The quantitative estimate of drug-likeness (QED) is 0.239. The lowest BCUT2D eigenvalue weighted by atomic mass is 9.89. The van der Waals surface area contributed by atoms with Gasteiger partial charge in [0.05, 0.1) is 12.7 Å². The van der Waals surface area contributed by atoms with Crippen molar-refractivity contribution in [3.63, 3.8) is 0 Å². The standard InChI is InChI=1S/C11H24O7/c1-2-3-6(4-12)8(15)10(17)11(18)9(16)7(14)5-13/h6-18H,2-5H2,1H3/t6?,7-,8?,9-,10+,11+/m1/s1. The van der Waals surface area contributed by atoms with Gasteiger partial charge in [-0.3, -0.25) is 0 Å². The highest BCUT2D eigenvalue weighted by molar-refractivity contribution is 4.87. The molecular weight excluding hydrogens is 244 g/mol. The van der Waals surface area contributed by atoms with E-state index in [9.17, 15) is 20.4 Å². The van der Waals surface area contributed by atoms with Crippen molar-refractivity contribution >= 4 is 0 Å². The van der Waals surface area contributed by atoms with Gasteiger partial charge in [-0.2, -0.15) is 0 Å². The summed E-state index contributed by atoms with van der Waals surface area (Å²) >= 11 is 0. The monoisotopic (exact) mass is 268 g/mol. The van der Waals surface area contributed by atoms with Crippen molar-refractivity contribution in [2.24, 2.45) is 5.92 Å². The van der Waals surface area contributed by atoms with Crippen LogP contribution in [-0.4, -0.2) is 79.5 Å². The first-order chi connectivity index (χ1) is 8.40. The van der Waals surface area contributed by atoms with E-state index in [-0.39, 0.29) is 6.61 Å². The van der Waals surface area contributed by atoms with Crippen LogP contribution in [0.2, 0.25) is 0 Å². The molecular formula is C11H24O7. The Morgan fingerprint density at radius 3 is 1.61 bits per heavy atom. The van der Waals surface area contributed by atoms with Gasteiger partial charge in [-0.05, 0) is 6.42 Å².